The van der Waals surface area contributed by atoms with E-state index in [0.29, 0.717) is 12.1 Å². The maximum absolute atomic E-state index is 11.6. The summed E-state index contributed by atoms with van der Waals surface area (Å²) in [4.78, 5) is 13.8. The smallest absolute Gasteiger partial charge is 0.251 e. The number of aliphatic hydroxyl groups is 1. The molecule has 5 nitrogen and oxygen atoms in total. The second kappa shape index (κ2) is 8.25. The summed E-state index contributed by atoms with van der Waals surface area (Å²) in [7, 11) is 1.62. The lowest BCUT2D eigenvalue weighted by atomic mass is 10.0. The molecule has 1 aliphatic heterocycles. The molecule has 1 fully saturated rings. The van der Waals surface area contributed by atoms with Gasteiger partial charge in [-0.05, 0) is 28.8 Å². The molecule has 25 heavy (non-hydrogen) atoms. The number of ether oxygens (including phenoxy) is 1. The molecule has 1 unspecified atom stereocenters. The Bertz CT molecular complexity index is 692. The fourth-order valence-corrected chi connectivity index (χ4v) is 2.99. The van der Waals surface area contributed by atoms with Gasteiger partial charge in [0.25, 0.3) is 5.91 Å². The van der Waals surface area contributed by atoms with Gasteiger partial charge in [0.05, 0.1) is 19.3 Å². The average Bonchev–Trinajstić information content (AvgIpc) is 2.68. The molecule has 2 N–H and O–H groups in total. The summed E-state index contributed by atoms with van der Waals surface area (Å²) >= 11 is 0. The Morgan fingerprint density at radius 1 is 1.08 bits per heavy atom. The van der Waals surface area contributed by atoms with Gasteiger partial charge in [0, 0.05) is 32.2 Å². The molecule has 5 heteroatoms. The molecule has 3 rings (SSSR count). The van der Waals surface area contributed by atoms with E-state index >= 15 is 0 Å². The maximum atomic E-state index is 11.6. The normalized spacial score (nSPS) is 16.4. The fraction of sp³-hybridized carbons (Fsp3) is 0.350. The van der Waals surface area contributed by atoms with Crippen molar-refractivity contribution in [2.75, 3.05) is 39.9 Å². The van der Waals surface area contributed by atoms with Crippen molar-refractivity contribution in [1.82, 2.24) is 10.2 Å². The SMILES string of the molecule is CNC(=O)c1ccc(-c2ccc(C(O)CN3CCOCC3)cc2)cc1. The minimum Gasteiger partial charge on any atom is -0.387 e. The van der Waals surface area contributed by atoms with Gasteiger partial charge < -0.3 is 15.2 Å². The Kier molecular flexibility index (Phi) is 5.81. The van der Waals surface area contributed by atoms with Crippen LogP contribution in [0.15, 0.2) is 48.5 Å². The quantitative estimate of drug-likeness (QED) is 0.875. The van der Waals surface area contributed by atoms with Crippen LogP contribution in [0.5, 0.6) is 0 Å². The molecule has 0 radical (unpaired) electrons. The summed E-state index contributed by atoms with van der Waals surface area (Å²) in [5.74, 6) is -0.0897. The van der Waals surface area contributed by atoms with Gasteiger partial charge in [-0.15, -0.1) is 0 Å². The lowest BCUT2D eigenvalue weighted by Gasteiger charge is -2.28. The van der Waals surface area contributed by atoms with Crippen molar-refractivity contribution in [2.24, 2.45) is 0 Å². The minimum absolute atomic E-state index is 0.0897. The summed E-state index contributed by atoms with van der Waals surface area (Å²) < 4.78 is 5.33. The molecular formula is C20H24N2O3. The summed E-state index contributed by atoms with van der Waals surface area (Å²) in [6, 6.07) is 15.4. The number of β-amino-alcohol motifs (C(OH)–C–C–N with tert-alkyl or cyclic N) is 1. The Morgan fingerprint density at radius 3 is 2.20 bits per heavy atom. The lowest BCUT2D eigenvalue weighted by molar-refractivity contribution is 0.0143. The first-order valence-corrected chi connectivity index (χ1v) is 8.58. The molecule has 0 saturated carbocycles. The van der Waals surface area contributed by atoms with E-state index in [1.54, 1.807) is 7.05 Å². The van der Waals surface area contributed by atoms with Crippen LogP contribution >= 0.6 is 0 Å². The van der Waals surface area contributed by atoms with Crippen LogP contribution in [0, 0.1) is 0 Å². The third-order valence-electron chi connectivity index (χ3n) is 4.54. The van der Waals surface area contributed by atoms with E-state index in [9.17, 15) is 9.90 Å². The van der Waals surface area contributed by atoms with Crippen molar-refractivity contribution >= 4 is 5.91 Å². The third kappa shape index (κ3) is 4.45. The van der Waals surface area contributed by atoms with Gasteiger partial charge in [-0.3, -0.25) is 9.69 Å². The van der Waals surface area contributed by atoms with Gasteiger partial charge >= 0.3 is 0 Å². The van der Waals surface area contributed by atoms with Crippen molar-refractivity contribution in [3.05, 3.63) is 59.7 Å². The van der Waals surface area contributed by atoms with Crippen LogP contribution in [-0.4, -0.2) is 55.8 Å². The Labute approximate surface area is 148 Å². The molecule has 1 saturated heterocycles. The number of hydrogen-bond acceptors (Lipinski definition) is 4. The van der Waals surface area contributed by atoms with E-state index < -0.39 is 6.10 Å². The second-order valence-corrected chi connectivity index (χ2v) is 6.21. The highest BCUT2D eigenvalue weighted by molar-refractivity contribution is 5.94. The fourth-order valence-electron chi connectivity index (χ4n) is 2.99. The molecule has 1 amide bonds. The number of amides is 1. The zero-order valence-corrected chi connectivity index (χ0v) is 14.4. The van der Waals surface area contributed by atoms with E-state index in [1.807, 2.05) is 48.5 Å². The van der Waals surface area contributed by atoms with E-state index in [1.165, 1.54) is 0 Å². The van der Waals surface area contributed by atoms with Gasteiger partial charge in [-0.25, -0.2) is 0 Å². The van der Waals surface area contributed by atoms with Crippen LogP contribution in [0.4, 0.5) is 0 Å². The number of nitrogens with one attached hydrogen (secondary N) is 1. The van der Waals surface area contributed by atoms with Crippen LogP contribution in [0.3, 0.4) is 0 Å². The monoisotopic (exact) mass is 340 g/mol. The number of aliphatic hydroxyl groups excluding tert-OH is 1. The number of benzene rings is 2. The predicted molar refractivity (Wildman–Crippen MR) is 97.5 cm³/mol. The van der Waals surface area contributed by atoms with Crippen molar-refractivity contribution < 1.29 is 14.6 Å². The summed E-state index contributed by atoms with van der Waals surface area (Å²) in [6.07, 6.45) is -0.497. The molecule has 2 aromatic rings. The standard InChI is InChI=1S/C20H24N2O3/c1-21-20(24)18-8-4-16(5-9-18)15-2-6-17(7-3-15)19(23)14-22-10-12-25-13-11-22/h2-9,19,23H,10-14H2,1H3,(H,21,24). The van der Waals surface area contributed by atoms with Crippen LogP contribution < -0.4 is 5.32 Å². The summed E-state index contributed by atoms with van der Waals surface area (Å²) in [5.41, 5.74) is 3.66. The van der Waals surface area contributed by atoms with Crippen LogP contribution in [0.1, 0.15) is 22.0 Å². The van der Waals surface area contributed by atoms with Gasteiger partial charge in [0.15, 0.2) is 0 Å². The third-order valence-corrected chi connectivity index (χ3v) is 4.54. The molecule has 2 aromatic carbocycles. The number of hydrogen-bond donors (Lipinski definition) is 2. The Hall–Kier alpha value is -2.21. The molecule has 1 heterocycles. The van der Waals surface area contributed by atoms with Crippen LogP contribution in [0.2, 0.25) is 0 Å². The van der Waals surface area contributed by atoms with Crippen LogP contribution in [0.25, 0.3) is 11.1 Å². The van der Waals surface area contributed by atoms with Crippen molar-refractivity contribution in [1.29, 1.82) is 0 Å². The highest BCUT2D eigenvalue weighted by atomic mass is 16.5. The van der Waals surface area contributed by atoms with E-state index in [4.69, 9.17) is 4.74 Å². The van der Waals surface area contributed by atoms with E-state index in [0.717, 1.165) is 43.0 Å². The van der Waals surface area contributed by atoms with Crippen molar-refractivity contribution in [3.8, 4) is 11.1 Å². The minimum atomic E-state index is -0.497. The molecule has 0 aromatic heterocycles. The summed E-state index contributed by atoms with van der Waals surface area (Å²) in [5, 5.41) is 13.0. The first kappa shape index (κ1) is 17.6. The lowest BCUT2D eigenvalue weighted by Crippen LogP contribution is -2.38. The van der Waals surface area contributed by atoms with E-state index in [2.05, 4.69) is 10.2 Å². The highest BCUT2D eigenvalue weighted by Gasteiger charge is 2.16. The van der Waals surface area contributed by atoms with Crippen molar-refractivity contribution in [3.63, 3.8) is 0 Å². The molecular weight excluding hydrogens is 316 g/mol. The first-order valence-electron chi connectivity index (χ1n) is 8.58. The van der Waals surface area contributed by atoms with Crippen molar-refractivity contribution in [2.45, 2.75) is 6.10 Å². The highest BCUT2D eigenvalue weighted by Crippen LogP contribution is 2.23. The van der Waals surface area contributed by atoms with Gasteiger partial charge in [-0.2, -0.15) is 0 Å². The number of rotatable bonds is 5. The zero-order valence-electron chi connectivity index (χ0n) is 14.4. The Morgan fingerprint density at radius 2 is 1.64 bits per heavy atom. The number of carbonyl (C=O) groups is 1. The number of nitrogens with zero attached hydrogens (tertiary/aromatic N) is 1. The average molecular weight is 340 g/mol. The van der Waals surface area contributed by atoms with Gasteiger partial charge in [0.1, 0.15) is 0 Å². The topological polar surface area (TPSA) is 61.8 Å². The first-order chi connectivity index (χ1) is 12.2. The molecule has 1 atom stereocenters. The second-order valence-electron chi connectivity index (χ2n) is 6.21. The molecule has 132 valence electrons. The molecule has 0 aliphatic carbocycles. The summed E-state index contributed by atoms with van der Waals surface area (Å²) in [6.45, 7) is 3.83. The van der Waals surface area contributed by atoms with Crippen LogP contribution in [-0.2, 0) is 4.74 Å². The maximum Gasteiger partial charge on any atom is 0.251 e. The molecule has 0 spiro atoms. The zero-order chi connectivity index (χ0) is 17.6. The van der Waals surface area contributed by atoms with Gasteiger partial charge in [-0.1, -0.05) is 36.4 Å². The number of morpholine rings is 1. The largest absolute Gasteiger partial charge is 0.387 e. The molecule has 1 aliphatic rings. The van der Waals surface area contributed by atoms with Gasteiger partial charge in [0.2, 0.25) is 0 Å². The number of carbonyl (C=O) groups excluding carboxylic acids is 1. The van der Waals surface area contributed by atoms with E-state index in [-0.39, 0.29) is 5.91 Å². The predicted octanol–water partition coefficient (Wildman–Crippen LogP) is 2.08. The Balaban J connectivity index is 1.66. The molecule has 0 bridgehead atoms.